The summed E-state index contributed by atoms with van der Waals surface area (Å²) in [7, 11) is 1.93. The van der Waals surface area contributed by atoms with Gasteiger partial charge < -0.3 is 24.0 Å². The lowest BCUT2D eigenvalue weighted by Crippen LogP contribution is -3.00. The molecule has 0 aliphatic heterocycles. The first-order valence-corrected chi connectivity index (χ1v) is 4.54. The molecule has 0 atom stereocenters. The molecular weight excluding hydrogens is 315 g/mol. The SMILES string of the molecule is C[n+]1scc2cc([N+](=O)[O-])ccc21.[I-]. The topological polar surface area (TPSA) is 47.0 Å². The van der Waals surface area contributed by atoms with Crippen LogP contribution in [0.5, 0.6) is 0 Å². The molecule has 0 aliphatic carbocycles. The van der Waals surface area contributed by atoms with E-state index in [2.05, 4.69) is 0 Å². The van der Waals surface area contributed by atoms with Gasteiger partial charge in [-0.15, -0.1) is 3.96 Å². The van der Waals surface area contributed by atoms with E-state index in [1.165, 1.54) is 17.6 Å². The summed E-state index contributed by atoms with van der Waals surface area (Å²) < 4.78 is 1.97. The molecule has 4 nitrogen and oxygen atoms in total. The van der Waals surface area contributed by atoms with Crippen molar-refractivity contribution in [2.24, 2.45) is 7.05 Å². The van der Waals surface area contributed by atoms with E-state index < -0.39 is 0 Å². The van der Waals surface area contributed by atoms with Crippen molar-refractivity contribution in [3.8, 4) is 0 Å². The Bertz CT molecular complexity index is 483. The third kappa shape index (κ3) is 1.85. The number of rotatable bonds is 1. The Morgan fingerprint density at radius 2 is 2.21 bits per heavy atom. The summed E-state index contributed by atoms with van der Waals surface area (Å²) in [5.74, 6) is 0. The Morgan fingerprint density at radius 3 is 2.86 bits per heavy atom. The molecule has 1 aromatic heterocycles. The van der Waals surface area contributed by atoms with Gasteiger partial charge in [0.05, 0.1) is 15.7 Å². The molecule has 0 saturated carbocycles. The molecule has 1 aromatic carbocycles. The molecule has 6 heteroatoms. The molecular formula is C8H7IN2O2S. The minimum atomic E-state index is -0.378. The summed E-state index contributed by atoms with van der Waals surface area (Å²) >= 11 is 1.53. The molecule has 0 aliphatic rings. The number of benzene rings is 1. The Kier molecular flexibility index (Phi) is 3.38. The van der Waals surface area contributed by atoms with Crippen molar-refractivity contribution in [2.45, 2.75) is 0 Å². The maximum absolute atomic E-state index is 10.5. The van der Waals surface area contributed by atoms with Gasteiger partial charge in [-0.05, 0) is 0 Å². The summed E-state index contributed by atoms with van der Waals surface area (Å²) in [4.78, 5) is 10.1. The fraction of sp³-hybridized carbons (Fsp3) is 0.125. The molecule has 2 rings (SSSR count). The second kappa shape index (κ2) is 4.18. The third-order valence-electron chi connectivity index (χ3n) is 1.90. The minimum Gasteiger partial charge on any atom is -1.00 e. The molecule has 0 radical (unpaired) electrons. The summed E-state index contributed by atoms with van der Waals surface area (Å²) in [6, 6.07) is 4.88. The highest BCUT2D eigenvalue weighted by Crippen LogP contribution is 2.19. The van der Waals surface area contributed by atoms with Crippen LogP contribution in [0, 0.1) is 10.1 Å². The predicted molar refractivity (Wildman–Crippen MR) is 49.7 cm³/mol. The molecule has 0 saturated heterocycles. The molecule has 74 valence electrons. The number of hydrogen-bond acceptors (Lipinski definition) is 3. The van der Waals surface area contributed by atoms with Gasteiger partial charge >= 0.3 is 0 Å². The van der Waals surface area contributed by atoms with Gasteiger partial charge in [0.25, 0.3) is 5.69 Å². The van der Waals surface area contributed by atoms with Crippen LogP contribution in [-0.4, -0.2) is 4.92 Å². The van der Waals surface area contributed by atoms with Crippen LogP contribution in [0.4, 0.5) is 5.69 Å². The Morgan fingerprint density at radius 1 is 1.50 bits per heavy atom. The smallest absolute Gasteiger partial charge is 0.270 e. The summed E-state index contributed by atoms with van der Waals surface area (Å²) in [6.45, 7) is 0. The second-order valence-electron chi connectivity index (χ2n) is 2.72. The van der Waals surface area contributed by atoms with Gasteiger partial charge in [-0.3, -0.25) is 10.1 Å². The lowest BCUT2D eigenvalue weighted by atomic mass is 10.2. The number of aryl methyl sites for hydroxylation is 1. The van der Waals surface area contributed by atoms with Crippen molar-refractivity contribution in [2.75, 3.05) is 0 Å². The zero-order valence-electron chi connectivity index (χ0n) is 7.31. The molecule has 0 unspecified atom stereocenters. The first kappa shape index (κ1) is 11.3. The van der Waals surface area contributed by atoms with E-state index in [-0.39, 0.29) is 34.6 Å². The minimum absolute atomic E-state index is 0. The number of nitro benzene ring substituents is 1. The first-order chi connectivity index (χ1) is 6.18. The van der Waals surface area contributed by atoms with Crippen molar-refractivity contribution in [1.29, 1.82) is 0 Å². The lowest BCUT2D eigenvalue weighted by Gasteiger charge is -1.88. The van der Waals surface area contributed by atoms with Gasteiger partial charge in [0, 0.05) is 18.2 Å². The van der Waals surface area contributed by atoms with E-state index in [0.717, 1.165) is 10.9 Å². The van der Waals surface area contributed by atoms with Crippen molar-refractivity contribution in [1.82, 2.24) is 0 Å². The normalized spacial score (nSPS) is 9.79. The number of halogens is 1. The average molecular weight is 322 g/mol. The lowest BCUT2D eigenvalue weighted by molar-refractivity contribution is -0.573. The van der Waals surface area contributed by atoms with Crippen molar-refractivity contribution >= 4 is 28.1 Å². The van der Waals surface area contributed by atoms with E-state index in [0.29, 0.717) is 0 Å². The number of non-ortho nitro benzene ring substituents is 1. The number of nitrogens with zero attached hydrogens (tertiary/aromatic N) is 2. The summed E-state index contributed by atoms with van der Waals surface area (Å²) in [5.41, 5.74) is 1.17. The van der Waals surface area contributed by atoms with Crippen molar-refractivity contribution in [3.63, 3.8) is 0 Å². The number of nitro groups is 1. The third-order valence-corrected chi connectivity index (χ3v) is 2.77. The van der Waals surface area contributed by atoms with Gasteiger partial charge in [-0.25, -0.2) is 0 Å². The van der Waals surface area contributed by atoms with E-state index >= 15 is 0 Å². The molecule has 0 amide bonds. The Labute approximate surface area is 101 Å². The standard InChI is InChI=1S/C8H7N2O2S.HI/c1-9-8-3-2-7(10(11)12)4-6(8)5-13-9;/h2-5H,1H3;1H/q+1;/p-1. The van der Waals surface area contributed by atoms with Crippen LogP contribution in [0.3, 0.4) is 0 Å². The maximum atomic E-state index is 10.5. The molecule has 14 heavy (non-hydrogen) atoms. The fourth-order valence-electron chi connectivity index (χ4n) is 1.23. The van der Waals surface area contributed by atoms with Crippen molar-refractivity contribution in [3.05, 3.63) is 33.7 Å². The zero-order valence-corrected chi connectivity index (χ0v) is 10.3. The van der Waals surface area contributed by atoms with Gasteiger partial charge in [-0.1, -0.05) is 0 Å². The second-order valence-corrected chi connectivity index (χ2v) is 3.72. The quantitative estimate of drug-likeness (QED) is 0.282. The highest BCUT2D eigenvalue weighted by Gasteiger charge is 2.12. The molecule has 0 N–H and O–H groups in total. The van der Waals surface area contributed by atoms with E-state index in [1.807, 2.05) is 16.4 Å². The largest absolute Gasteiger partial charge is 1.00 e. The van der Waals surface area contributed by atoms with Crippen LogP contribution in [-0.2, 0) is 7.05 Å². The highest BCUT2D eigenvalue weighted by atomic mass is 127. The van der Waals surface area contributed by atoms with Crippen molar-refractivity contribution < 1.29 is 32.9 Å². The van der Waals surface area contributed by atoms with E-state index in [9.17, 15) is 10.1 Å². The van der Waals surface area contributed by atoms with Crippen LogP contribution in [0.15, 0.2) is 23.6 Å². The van der Waals surface area contributed by atoms with Gasteiger partial charge in [0.15, 0.2) is 7.05 Å². The number of hydrogen-bond donors (Lipinski definition) is 0. The Balaban J connectivity index is 0.000000980. The summed E-state index contributed by atoms with van der Waals surface area (Å²) in [5, 5.41) is 13.3. The molecule has 0 fully saturated rings. The van der Waals surface area contributed by atoms with Crippen LogP contribution >= 0.6 is 11.5 Å². The highest BCUT2D eigenvalue weighted by molar-refractivity contribution is 7.00. The van der Waals surface area contributed by atoms with Crippen LogP contribution in [0.2, 0.25) is 0 Å². The Hall–Kier alpha value is -0.760. The average Bonchev–Trinajstić information content (AvgIpc) is 2.47. The van der Waals surface area contributed by atoms with E-state index in [1.54, 1.807) is 12.1 Å². The molecule has 0 spiro atoms. The van der Waals surface area contributed by atoms with Crippen LogP contribution in [0.1, 0.15) is 0 Å². The maximum Gasteiger partial charge on any atom is 0.270 e. The fourth-order valence-corrected chi connectivity index (χ4v) is 1.97. The van der Waals surface area contributed by atoms with E-state index in [4.69, 9.17) is 0 Å². The molecule has 2 aromatic rings. The predicted octanol–water partition coefficient (Wildman–Crippen LogP) is -1.36. The van der Waals surface area contributed by atoms with Crippen LogP contribution < -0.4 is 27.9 Å². The van der Waals surface area contributed by atoms with Crippen LogP contribution in [0.25, 0.3) is 10.9 Å². The van der Waals surface area contributed by atoms with Gasteiger partial charge in [0.1, 0.15) is 11.5 Å². The molecule has 1 heterocycles. The number of aromatic nitrogens is 1. The summed E-state index contributed by atoms with van der Waals surface area (Å²) in [6.07, 6.45) is 0. The molecule has 0 bridgehead atoms. The number of fused-ring (bicyclic) bond motifs is 1. The van der Waals surface area contributed by atoms with Gasteiger partial charge in [-0.2, -0.15) is 0 Å². The monoisotopic (exact) mass is 322 g/mol. The zero-order chi connectivity index (χ0) is 9.42. The van der Waals surface area contributed by atoms with Gasteiger partial charge in [0.2, 0.25) is 5.52 Å². The first-order valence-electron chi connectivity index (χ1n) is 3.70.